The molecule has 2 aromatic carbocycles. The van der Waals surface area contributed by atoms with Crippen molar-refractivity contribution in [3.8, 4) is 0 Å². The number of thiol groups is 1. The van der Waals surface area contributed by atoms with E-state index in [-0.39, 0.29) is 5.25 Å². The quantitative estimate of drug-likeness (QED) is 0.822. The van der Waals surface area contributed by atoms with Gasteiger partial charge < -0.3 is 0 Å². The standard InChI is InChI=1S/C17H19NS/c1-13(17(19)14-7-3-2-4-8-14)18-11-15-9-5-6-10-16(15)12-18/h2-10,13,17,19H,11-12H2,1H3/t13-,17-/m0/s1. The van der Waals surface area contributed by atoms with Crippen molar-refractivity contribution in [3.63, 3.8) is 0 Å². The van der Waals surface area contributed by atoms with Gasteiger partial charge in [0.05, 0.1) is 0 Å². The molecule has 0 aliphatic carbocycles. The summed E-state index contributed by atoms with van der Waals surface area (Å²) in [4.78, 5) is 2.51. The van der Waals surface area contributed by atoms with E-state index >= 15 is 0 Å². The highest BCUT2D eigenvalue weighted by atomic mass is 32.1. The smallest absolute Gasteiger partial charge is 0.0420 e. The Morgan fingerprint density at radius 2 is 1.42 bits per heavy atom. The van der Waals surface area contributed by atoms with Gasteiger partial charge in [0.2, 0.25) is 0 Å². The van der Waals surface area contributed by atoms with E-state index in [2.05, 4.69) is 66.4 Å². The summed E-state index contributed by atoms with van der Waals surface area (Å²) in [5.41, 5.74) is 4.22. The van der Waals surface area contributed by atoms with Crippen molar-refractivity contribution >= 4 is 12.6 Å². The van der Waals surface area contributed by atoms with E-state index in [0.717, 1.165) is 13.1 Å². The maximum Gasteiger partial charge on any atom is 0.0420 e. The normalized spacial score (nSPS) is 18.0. The molecule has 0 spiro atoms. The molecule has 0 saturated carbocycles. The van der Waals surface area contributed by atoms with Crippen molar-refractivity contribution < 1.29 is 0 Å². The Morgan fingerprint density at radius 3 is 2.00 bits per heavy atom. The first kappa shape index (κ1) is 12.8. The Kier molecular flexibility index (Phi) is 3.63. The van der Waals surface area contributed by atoms with E-state index in [0.29, 0.717) is 6.04 Å². The summed E-state index contributed by atoms with van der Waals surface area (Å²) in [5, 5.41) is 0.260. The van der Waals surface area contributed by atoms with Crippen LogP contribution in [-0.4, -0.2) is 10.9 Å². The van der Waals surface area contributed by atoms with Crippen molar-refractivity contribution in [1.82, 2.24) is 4.90 Å². The first-order chi connectivity index (χ1) is 9.25. The van der Waals surface area contributed by atoms with Gasteiger partial charge in [-0.1, -0.05) is 54.6 Å². The summed E-state index contributed by atoms with van der Waals surface area (Å²) in [7, 11) is 0. The van der Waals surface area contributed by atoms with Gasteiger partial charge in [0.25, 0.3) is 0 Å². The maximum atomic E-state index is 4.83. The molecule has 0 saturated heterocycles. The zero-order valence-corrected chi connectivity index (χ0v) is 12.1. The first-order valence-electron chi connectivity index (χ1n) is 6.79. The van der Waals surface area contributed by atoms with Gasteiger partial charge in [-0.25, -0.2) is 0 Å². The molecule has 98 valence electrons. The van der Waals surface area contributed by atoms with Crippen molar-refractivity contribution in [2.75, 3.05) is 0 Å². The van der Waals surface area contributed by atoms with Crippen molar-refractivity contribution in [1.29, 1.82) is 0 Å². The van der Waals surface area contributed by atoms with Gasteiger partial charge in [0.1, 0.15) is 0 Å². The molecule has 1 nitrogen and oxygen atoms in total. The Labute approximate surface area is 120 Å². The minimum Gasteiger partial charge on any atom is -0.291 e. The second-order valence-corrected chi connectivity index (χ2v) is 5.83. The van der Waals surface area contributed by atoms with Gasteiger partial charge in [-0.05, 0) is 23.6 Å². The summed E-state index contributed by atoms with van der Waals surface area (Å²) >= 11 is 4.83. The predicted molar refractivity (Wildman–Crippen MR) is 83.3 cm³/mol. The van der Waals surface area contributed by atoms with Crippen LogP contribution >= 0.6 is 12.6 Å². The molecule has 2 aromatic rings. The maximum absolute atomic E-state index is 4.83. The molecule has 3 rings (SSSR count). The highest BCUT2D eigenvalue weighted by Gasteiger charge is 2.27. The monoisotopic (exact) mass is 269 g/mol. The summed E-state index contributed by atoms with van der Waals surface area (Å²) in [6.45, 7) is 4.36. The van der Waals surface area contributed by atoms with E-state index in [9.17, 15) is 0 Å². The fourth-order valence-corrected chi connectivity index (χ4v) is 3.14. The highest BCUT2D eigenvalue weighted by molar-refractivity contribution is 7.80. The third-order valence-electron chi connectivity index (χ3n) is 4.04. The lowest BCUT2D eigenvalue weighted by molar-refractivity contribution is 0.209. The molecule has 1 heterocycles. The summed E-state index contributed by atoms with van der Waals surface area (Å²) in [6.07, 6.45) is 0. The fourth-order valence-electron chi connectivity index (χ4n) is 2.78. The van der Waals surface area contributed by atoms with Crippen LogP contribution in [0.4, 0.5) is 0 Å². The Bertz CT molecular complexity index is 527. The molecule has 0 amide bonds. The van der Waals surface area contributed by atoms with E-state index in [1.54, 1.807) is 0 Å². The van der Waals surface area contributed by atoms with Crippen LogP contribution in [0, 0.1) is 0 Å². The SMILES string of the molecule is C[C@@H]([C@H](S)c1ccccc1)N1Cc2ccccc2C1. The van der Waals surface area contributed by atoms with Gasteiger partial charge in [0, 0.05) is 24.4 Å². The third kappa shape index (κ3) is 2.56. The lowest BCUT2D eigenvalue weighted by atomic mass is 10.1. The molecule has 1 aliphatic heterocycles. The number of nitrogens with zero attached hydrogens (tertiary/aromatic N) is 1. The van der Waals surface area contributed by atoms with E-state index in [4.69, 9.17) is 12.6 Å². The zero-order valence-electron chi connectivity index (χ0n) is 11.2. The molecule has 0 N–H and O–H groups in total. The topological polar surface area (TPSA) is 3.24 Å². The Balaban J connectivity index is 1.75. The molecule has 0 aromatic heterocycles. The molecule has 0 bridgehead atoms. The lowest BCUT2D eigenvalue weighted by Gasteiger charge is -2.29. The van der Waals surface area contributed by atoms with Crippen molar-refractivity contribution in [3.05, 3.63) is 71.3 Å². The summed E-state index contributed by atoms with van der Waals surface area (Å²) < 4.78 is 0. The van der Waals surface area contributed by atoms with Crippen molar-refractivity contribution in [2.45, 2.75) is 31.3 Å². The molecule has 0 fully saturated rings. The van der Waals surface area contributed by atoms with Crippen LogP contribution in [0.3, 0.4) is 0 Å². The molecule has 1 aliphatic rings. The van der Waals surface area contributed by atoms with E-state index in [1.165, 1.54) is 16.7 Å². The van der Waals surface area contributed by atoms with Gasteiger partial charge in [0.15, 0.2) is 0 Å². The number of rotatable bonds is 3. The molecule has 2 heteroatoms. The van der Waals surface area contributed by atoms with Crippen LogP contribution in [0.25, 0.3) is 0 Å². The van der Waals surface area contributed by atoms with E-state index in [1.807, 2.05) is 0 Å². The number of hydrogen-bond donors (Lipinski definition) is 1. The van der Waals surface area contributed by atoms with Crippen LogP contribution in [-0.2, 0) is 13.1 Å². The minimum atomic E-state index is 0.260. The average molecular weight is 269 g/mol. The minimum absolute atomic E-state index is 0.260. The van der Waals surface area contributed by atoms with Gasteiger partial charge in [-0.15, -0.1) is 0 Å². The second-order valence-electron chi connectivity index (χ2n) is 5.27. The Morgan fingerprint density at radius 1 is 0.895 bits per heavy atom. The van der Waals surface area contributed by atoms with Gasteiger partial charge in [-0.2, -0.15) is 12.6 Å². The third-order valence-corrected chi connectivity index (χ3v) is 4.77. The number of fused-ring (bicyclic) bond motifs is 1. The van der Waals surface area contributed by atoms with Gasteiger partial charge in [-0.3, -0.25) is 4.90 Å². The number of benzene rings is 2. The summed E-state index contributed by atoms with van der Waals surface area (Å²) in [6, 6.07) is 19.7. The molecular weight excluding hydrogens is 250 g/mol. The molecule has 2 atom stereocenters. The molecule has 0 radical (unpaired) electrons. The van der Waals surface area contributed by atoms with Crippen molar-refractivity contribution in [2.24, 2.45) is 0 Å². The van der Waals surface area contributed by atoms with Crippen LogP contribution in [0.1, 0.15) is 28.9 Å². The van der Waals surface area contributed by atoms with Gasteiger partial charge >= 0.3 is 0 Å². The van der Waals surface area contributed by atoms with Crippen LogP contribution < -0.4 is 0 Å². The lowest BCUT2D eigenvalue weighted by Crippen LogP contribution is -2.31. The largest absolute Gasteiger partial charge is 0.291 e. The number of hydrogen-bond acceptors (Lipinski definition) is 2. The van der Waals surface area contributed by atoms with E-state index < -0.39 is 0 Å². The fraction of sp³-hybridized carbons (Fsp3) is 0.294. The highest BCUT2D eigenvalue weighted by Crippen LogP contribution is 2.32. The second kappa shape index (κ2) is 5.40. The zero-order chi connectivity index (χ0) is 13.2. The van der Waals surface area contributed by atoms with Crippen LogP contribution in [0.5, 0.6) is 0 Å². The Hall–Kier alpha value is -1.25. The first-order valence-corrected chi connectivity index (χ1v) is 7.31. The summed E-state index contributed by atoms with van der Waals surface area (Å²) in [5.74, 6) is 0. The molecular formula is C17H19NS. The molecule has 19 heavy (non-hydrogen) atoms. The van der Waals surface area contributed by atoms with Crippen LogP contribution in [0.2, 0.25) is 0 Å². The average Bonchev–Trinajstić information content (AvgIpc) is 2.90. The molecule has 0 unspecified atom stereocenters. The van der Waals surface area contributed by atoms with Crippen LogP contribution in [0.15, 0.2) is 54.6 Å². The predicted octanol–water partition coefficient (Wildman–Crippen LogP) is 4.06.